The summed E-state index contributed by atoms with van der Waals surface area (Å²) in [5.74, 6) is 1.30. The first-order valence-electron chi connectivity index (χ1n) is 8.29. The van der Waals surface area contributed by atoms with E-state index < -0.39 is 0 Å². The first kappa shape index (κ1) is 15.0. The van der Waals surface area contributed by atoms with E-state index in [0.717, 1.165) is 12.1 Å². The largest absolute Gasteiger partial charge is 0.497 e. The third-order valence-electron chi connectivity index (χ3n) is 5.08. The molecule has 0 spiro atoms. The Bertz CT molecular complexity index is 843. The number of pyridine rings is 1. The summed E-state index contributed by atoms with van der Waals surface area (Å²) in [5, 5.41) is 0. The highest BCUT2D eigenvalue weighted by Gasteiger charge is 2.36. The summed E-state index contributed by atoms with van der Waals surface area (Å²) in [5.41, 5.74) is 1.77. The minimum atomic E-state index is 0.0373. The Labute approximate surface area is 140 Å². The van der Waals surface area contributed by atoms with Crippen molar-refractivity contribution in [1.29, 1.82) is 0 Å². The van der Waals surface area contributed by atoms with E-state index in [1.165, 1.54) is 0 Å². The lowest BCUT2D eigenvalue weighted by Crippen LogP contribution is -2.49. The van der Waals surface area contributed by atoms with Crippen molar-refractivity contribution >= 4 is 5.91 Å². The molecule has 2 atom stereocenters. The molecule has 0 saturated carbocycles. The molecule has 1 saturated heterocycles. The number of methoxy groups -OCH3 is 1. The van der Waals surface area contributed by atoms with E-state index in [4.69, 9.17) is 4.74 Å². The van der Waals surface area contributed by atoms with Gasteiger partial charge in [-0.2, -0.15) is 0 Å². The van der Waals surface area contributed by atoms with Gasteiger partial charge in [-0.3, -0.25) is 9.59 Å². The highest BCUT2D eigenvalue weighted by Crippen LogP contribution is 2.35. The second kappa shape index (κ2) is 5.82. The number of aromatic nitrogens is 1. The Morgan fingerprint density at radius 3 is 2.79 bits per heavy atom. The van der Waals surface area contributed by atoms with Crippen LogP contribution in [0.15, 0.2) is 47.3 Å². The van der Waals surface area contributed by atoms with Gasteiger partial charge in [0.25, 0.3) is 11.5 Å². The molecule has 0 N–H and O–H groups in total. The van der Waals surface area contributed by atoms with E-state index in [9.17, 15) is 9.59 Å². The third-order valence-corrected chi connectivity index (χ3v) is 5.08. The van der Waals surface area contributed by atoms with Gasteiger partial charge in [-0.25, -0.2) is 0 Å². The average molecular weight is 324 g/mol. The van der Waals surface area contributed by atoms with Crippen molar-refractivity contribution in [1.82, 2.24) is 9.47 Å². The number of rotatable bonds is 2. The van der Waals surface area contributed by atoms with Crippen molar-refractivity contribution in [3.63, 3.8) is 0 Å². The van der Waals surface area contributed by atoms with Crippen molar-refractivity contribution in [3.8, 4) is 5.75 Å². The van der Waals surface area contributed by atoms with Gasteiger partial charge in [-0.05, 0) is 36.6 Å². The SMILES string of the molecule is COc1cccc(C(=O)N2C[C@@H]3C[C@@H](C2)c2cccc(=O)n2C3)c1. The number of benzene rings is 1. The predicted molar refractivity (Wildman–Crippen MR) is 90.4 cm³/mol. The zero-order chi connectivity index (χ0) is 16.7. The smallest absolute Gasteiger partial charge is 0.254 e. The van der Waals surface area contributed by atoms with Gasteiger partial charge in [-0.1, -0.05) is 12.1 Å². The number of ether oxygens (including phenoxy) is 1. The normalized spacial score (nSPS) is 22.0. The average Bonchev–Trinajstić information content (AvgIpc) is 2.62. The molecule has 2 aliphatic rings. The third kappa shape index (κ3) is 2.50. The van der Waals surface area contributed by atoms with Crippen LogP contribution in [0, 0.1) is 5.92 Å². The molecule has 2 aromatic rings. The van der Waals surface area contributed by atoms with Crippen LogP contribution in [0.3, 0.4) is 0 Å². The van der Waals surface area contributed by atoms with Gasteiger partial charge in [-0.15, -0.1) is 0 Å². The molecule has 1 fully saturated rings. The Balaban J connectivity index is 1.62. The highest BCUT2D eigenvalue weighted by atomic mass is 16.5. The van der Waals surface area contributed by atoms with Crippen molar-refractivity contribution in [2.24, 2.45) is 5.92 Å². The van der Waals surface area contributed by atoms with Gasteiger partial charge in [0, 0.05) is 42.9 Å². The fourth-order valence-electron chi connectivity index (χ4n) is 4.00. The van der Waals surface area contributed by atoms with E-state index in [1.807, 2.05) is 39.8 Å². The maximum Gasteiger partial charge on any atom is 0.254 e. The molecule has 24 heavy (non-hydrogen) atoms. The summed E-state index contributed by atoms with van der Waals surface area (Å²) in [4.78, 5) is 26.9. The van der Waals surface area contributed by atoms with Crippen molar-refractivity contribution < 1.29 is 9.53 Å². The van der Waals surface area contributed by atoms with Crippen LogP contribution in [-0.4, -0.2) is 35.6 Å². The summed E-state index contributed by atoms with van der Waals surface area (Å²) in [6, 6.07) is 12.7. The van der Waals surface area contributed by atoms with Crippen LogP contribution < -0.4 is 10.3 Å². The number of amides is 1. The molecule has 0 aliphatic carbocycles. The molecule has 5 nitrogen and oxygen atoms in total. The first-order valence-corrected chi connectivity index (χ1v) is 8.29. The lowest BCUT2D eigenvalue weighted by atomic mass is 9.83. The number of carbonyl (C=O) groups excluding carboxylic acids is 1. The molecule has 0 unspecified atom stereocenters. The molecule has 2 bridgehead atoms. The van der Waals surface area contributed by atoms with Crippen LogP contribution in [0.25, 0.3) is 0 Å². The number of hydrogen-bond acceptors (Lipinski definition) is 3. The molecule has 0 radical (unpaired) electrons. The molecule has 2 aliphatic heterocycles. The molecule has 4 rings (SSSR count). The van der Waals surface area contributed by atoms with Gasteiger partial charge in [0.2, 0.25) is 0 Å². The fourth-order valence-corrected chi connectivity index (χ4v) is 4.00. The lowest BCUT2D eigenvalue weighted by molar-refractivity contribution is 0.0594. The van der Waals surface area contributed by atoms with Crippen molar-refractivity contribution in [3.05, 3.63) is 64.1 Å². The van der Waals surface area contributed by atoms with E-state index in [0.29, 0.717) is 36.9 Å². The monoisotopic (exact) mass is 324 g/mol. The topological polar surface area (TPSA) is 51.5 Å². The standard InChI is InChI=1S/C19H20N2O3/c1-24-16-5-2-4-14(9-16)19(23)20-10-13-8-15(12-20)17-6-3-7-18(22)21(17)11-13/h2-7,9,13,15H,8,10-12H2,1H3/t13-,15-/m0/s1. The summed E-state index contributed by atoms with van der Waals surface area (Å²) in [6.45, 7) is 2.07. The number of piperidine rings is 1. The zero-order valence-corrected chi connectivity index (χ0v) is 13.6. The van der Waals surface area contributed by atoms with Gasteiger partial charge in [0.1, 0.15) is 5.75 Å². The number of hydrogen-bond donors (Lipinski definition) is 0. The van der Waals surface area contributed by atoms with Crippen LogP contribution in [0.2, 0.25) is 0 Å². The zero-order valence-electron chi connectivity index (χ0n) is 13.6. The van der Waals surface area contributed by atoms with Gasteiger partial charge < -0.3 is 14.2 Å². The summed E-state index contributed by atoms with van der Waals surface area (Å²) < 4.78 is 7.10. The quantitative estimate of drug-likeness (QED) is 0.850. The van der Waals surface area contributed by atoms with Crippen LogP contribution >= 0.6 is 0 Å². The fraction of sp³-hybridized carbons (Fsp3) is 0.368. The maximum atomic E-state index is 12.9. The van der Waals surface area contributed by atoms with Crippen molar-refractivity contribution in [2.75, 3.05) is 20.2 Å². The predicted octanol–water partition coefficient (Wildman–Crippen LogP) is 2.12. The Morgan fingerprint density at radius 1 is 1.12 bits per heavy atom. The summed E-state index contributed by atoms with van der Waals surface area (Å²) in [6.07, 6.45) is 1.05. The molecule has 124 valence electrons. The Hall–Kier alpha value is -2.56. The number of likely N-dealkylation sites (tertiary alicyclic amines) is 1. The van der Waals surface area contributed by atoms with E-state index in [2.05, 4.69) is 0 Å². The minimum absolute atomic E-state index is 0.0373. The van der Waals surface area contributed by atoms with Gasteiger partial charge in [0.05, 0.1) is 7.11 Å². The first-order chi connectivity index (χ1) is 11.7. The molecule has 1 aromatic carbocycles. The second-order valence-corrected chi connectivity index (χ2v) is 6.64. The molecule has 1 amide bonds. The lowest BCUT2D eigenvalue weighted by Gasteiger charge is -2.42. The molecule has 1 aromatic heterocycles. The maximum absolute atomic E-state index is 12.9. The molecule has 3 heterocycles. The Morgan fingerprint density at radius 2 is 1.96 bits per heavy atom. The number of fused-ring (bicyclic) bond motifs is 4. The summed E-state index contributed by atoms with van der Waals surface area (Å²) in [7, 11) is 1.60. The van der Waals surface area contributed by atoms with Crippen molar-refractivity contribution in [2.45, 2.75) is 18.9 Å². The van der Waals surface area contributed by atoms with Crippen LogP contribution in [-0.2, 0) is 6.54 Å². The van der Waals surface area contributed by atoms with Crippen LogP contribution in [0.5, 0.6) is 5.75 Å². The number of carbonyl (C=O) groups is 1. The Kier molecular flexibility index (Phi) is 3.63. The highest BCUT2D eigenvalue weighted by molar-refractivity contribution is 5.94. The minimum Gasteiger partial charge on any atom is -0.497 e. The van der Waals surface area contributed by atoms with Crippen LogP contribution in [0.4, 0.5) is 0 Å². The summed E-state index contributed by atoms with van der Waals surface area (Å²) >= 11 is 0. The van der Waals surface area contributed by atoms with Gasteiger partial charge in [0.15, 0.2) is 0 Å². The van der Waals surface area contributed by atoms with Crippen LogP contribution in [0.1, 0.15) is 28.4 Å². The number of nitrogens with zero attached hydrogens (tertiary/aromatic N) is 2. The van der Waals surface area contributed by atoms with E-state index >= 15 is 0 Å². The molecular weight excluding hydrogens is 304 g/mol. The van der Waals surface area contributed by atoms with Gasteiger partial charge >= 0.3 is 0 Å². The molecule has 5 heteroatoms. The second-order valence-electron chi connectivity index (χ2n) is 6.64. The van der Waals surface area contributed by atoms with E-state index in [1.54, 1.807) is 19.2 Å². The van der Waals surface area contributed by atoms with E-state index in [-0.39, 0.29) is 17.4 Å². The molecular formula is C19H20N2O3.